The van der Waals surface area contributed by atoms with Crippen molar-refractivity contribution in [2.24, 2.45) is 11.8 Å². The van der Waals surface area contributed by atoms with E-state index < -0.39 is 34.5 Å². The van der Waals surface area contributed by atoms with Crippen molar-refractivity contribution in [2.75, 3.05) is 14.2 Å². The molecule has 0 unspecified atom stereocenters. The van der Waals surface area contributed by atoms with Crippen LogP contribution in [0.15, 0.2) is 46.8 Å². The van der Waals surface area contributed by atoms with E-state index in [9.17, 15) is 24.5 Å². The van der Waals surface area contributed by atoms with Crippen LogP contribution in [0.1, 0.15) is 31.7 Å². The van der Waals surface area contributed by atoms with Gasteiger partial charge in [0.1, 0.15) is 5.92 Å². The summed E-state index contributed by atoms with van der Waals surface area (Å²) in [6.45, 7) is 3.50. The van der Waals surface area contributed by atoms with Crippen molar-refractivity contribution in [3.8, 4) is 0 Å². The Labute approximate surface area is 172 Å². The number of nitrogens with zero attached hydrogens (tertiary/aromatic N) is 1. The van der Waals surface area contributed by atoms with E-state index in [4.69, 9.17) is 9.47 Å². The largest absolute Gasteiger partial charge is 0.468 e. The average molecular weight is 414 g/mol. The zero-order valence-corrected chi connectivity index (χ0v) is 17.1. The maximum Gasteiger partial charge on any atom is 0.336 e. The second-order valence-electron chi connectivity index (χ2n) is 7.38. The normalized spacial score (nSPS) is 23.5. The Morgan fingerprint density at radius 1 is 1.17 bits per heavy atom. The van der Waals surface area contributed by atoms with Gasteiger partial charge < -0.3 is 14.8 Å². The molecule has 1 aromatic rings. The summed E-state index contributed by atoms with van der Waals surface area (Å²) in [5.74, 6) is -3.79. The predicted octanol–water partition coefficient (Wildman–Crippen LogP) is 2.38. The SMILES string of the molecule is COC(=O)C1=C(C)NC2=C(C(=O)[C@H](C(=O)OC)[C@H](C)C2)[C@H]1c1ccc([N+](=O)[O-])cc1. The van der Waals surface area contributed by atoms with Gasteiger partial charge in [-0.05, 0) is 24.8 Å². The number of esters is 2. The Morgan fingerprint density at radius 3 is 2.33 bits per heavy atom. The molecule has 0 aromatic heterocycles. The molecule has 0 amide bonds. The van der Waals surface area contributed by atoms with Crippen molar-refractivity contribution < 1.29 is 28.8 Å². The molecule has 0 spiro atoms. The number of methoxy groups -OCH3 is 2. The Kier molecular flexibility index (Phi) is 5.73. The molecular formula is C21H22N2O7. The molecule has 1 aliphatic heterocycles. The number of allylic oxidation sites excluding steroid dienone is 3. The first-order valence-corrected chi connectivity index (χ1v) is 9.36. The quantitative estimate of drug-likeness (QED) is 0.345. The highest BCUT2D eigenvalue weighted by atomic mass is 16.6. The zero-order valence-electron chi connectivity index (χ0n) is 17.1. The average Bonchev–Trinajstić information content (AvgIpc) is 2.72. The van der Waals surface area contributed by atoms with Crippen LogP contribution >= 0.6 is 0 Å². The summed E-state index contributed by atoms with van der Waals surface area (Å²) < 4.78 is 9.76. The van der Waals surface area contributed by atoms with Gasteiger partial charge in [0.25, 0.3) is 5.69 Å². The number of Topliss-reactive ketones (excluding diaryl/α,β-unsaturated/α-hetero) is 1. The molecule has 9 nitrogen and oxygen atoms in total. The molecule has 0 radical (unpaired) electrons. The van der Waals surface area contributed by atoms with Crippen LogP contribution in [0.3, 0.4) is 0 Å². The summed E-state index contributed by atoms with van der Waals surface area (Å²) in [5.41, 5.74) is 2.06. The second kappa shape index (κ2) is 8.10. The third-order valence-electron chi connectivity index (χ3n) is 5.59. The third kappa shape index (κ3) is 3.47. The molecule has 2 aliphatic rings. The number of nitro groups is 1. The maximum atomic E-state index is 13.4. The van der Waals surface area contributed by atoms with E-state index in [0.717, 1.165) is 0 Å². The Morgan fingerprint density at radius 2 is 1.80 bits per heavy atom. The van der Waals surface area contributed by atoms with Gasteiger partial charge in [-0.1, -0.05) is 19.1 Å². The number of rotatable bonds is 4. The van der Waals surface area contributed by atoms with E-state index in [1.165, 1.54) is 38.5 Å². The number of ketones is 1. The highest BCUT2D eigenvalue weighted by Gasteiger charge is 2.47. The Balaban J connectivity index is 2.19. The van der Waals surface area contributed by atoms with Crippen molar-refractivity contribution in [2.45, 2.75) is 26.2 Å². The first-order valence-electron chi connectivity index (χ1n) is 9.36. The van der Waals surface area contributed by atoms with Crippen molar-refractivity contribution in [1.29, 1.82) is 0 Å². The smallest absolute Gasteiger partial charge is 0.336 e. The summed E-state index contributed by atoms with van der Waals surface area (Å²) in [6.07, 6.45) is 0.413. The first kappa shape index (κ1) is 21.2. The molecule has 3 rings (SSSR count). The first-order chi connectivity index (χ1) is 14.2. The van der Waals surface area contributed by atoms with Crippen LogP contribution in [-0.2, 0) is 23.9 Å². The molecule has 0 saturated heterocycles. The molecule has 9 heteroatoms. The van der Waals surface area contributed by atoms with E-state index >= 15 is 0 Å². The van der Waals surface area contributed by atoms with Gasteiger partial charge in [0.05, 0.1) is 24.7 Å². The molecule has 0 saturated carbocycles. The van der Waals surface area contributed by atoms with Crippen LogP contribution < -0.4 is 5.32 Å². The van der Waals surface area contributed by atoms with Gasteiger partial charge in [0.2, 0.25) is 0 Å². The summed E-state index contributed by atoms with van der Waals surface area (Å²) in [7, 11) is 2.46. The van der Waals surface area contributed by atoms with Crippen LogP contribution in [0.4, 0.5) is 5.69 Å². The van der Waals surface area contributed by atoms with E-state index in [0.29, 0.717) is 23.4 Å². The third-order valence-corrected chi connectivity index (χ3v) is 5.59. The number of ether oxygens (including phenoxy) is 2. The van der Waals surface area contributed by atoms with Crippen LogP contribution in [0.2, 0.25) is 0 Å². The highest BCUT2D eigenvalue weighted by Crippen LogP contribution is 2.45. The van der Waals surface area contributed by atoms with Gasteiger partial charge in [0, 0.05) is 35.0 Å². The van der Waals surface area contributed by atoms with Crippen LogP contribution in [0.5, 0.6) is 0 Å². The fraction of sp³-hybridized carbons (Fsp3) is 0.381. The molecule has 30 heavy (non-hydrogen) atoms. The monoisotopic (exact) mass is 414 g/mol. The van der Waals surface area contributed by atoms with Crippen molar-refractivity contribution in [3.05, 3.63) is 62.5 Å². The molecule has 0 bridgehead atoms. The minimum absolute atomic E-state index is 0.113. The highest BCUT2D eigenvalue weighted by molar-refractivity contribution is 6.12. The molecule has 3 atom stereocenters. The molecule has 1 aliphatic carbocycles. The molecule has 0 fully saturated rings. The summed E-state index contributed by atoms with van der Waals surface area (Å²) in [5, 5.41) is 14.2. The summed E-state index contributed by atoms with van der Waals surface area (Å²) in [4.78, 5) is 48.8. The number of hydrogen-bond acceptors (Lipinski definition) is 8. The number of non-ortho nitro benzene ring substituents is 1. The minimum atomic E-state index is -0.992. The maximum absolute atomic E-state index is 13.4. The van der Waals surface area contributed by atoms with Gasteiger partial charge in [-0.25, -0.2) is 4.79 Å². The summed E-state index contributed by atoms with van der Waals surface area (Å²) in [6, 6.07) is 5.64. The van der Waals surface area contributed by atoms with Gasteiger partial charge >= 0.3 is 11.9 Å². The van der Waals surface area contributed by atoms with E-state index in [-0.39, 0.29) is 22.8 Å². The molecular weight excluding hydrogens is 392 g/mol. The fourth-order valence-corrected chi connectivity index (χ4v) is 4.18. The number of carbonyl (C=O) groups excluding carboxylic acids is 3. The standard InChI is InChI=1S/C21H22N2O7/c1-10-9-14-18(19(24)15(10)20(25)29-3)17(16(11(2)22-14)21(26)30-4)12-5-7-13(8-6-12)23(27)28/h5-8,10,15,17,22H,9H2,1-4H3/t10-,15-,17+/m1/s1. The van der Waals surface area contributed by atoms with Crippen LogP contribution in [0, 0.1) is 22.0 Å². The number of dihydropyridines is 1. The molecule has 158 valence electrons. The molecule has 1 N–H and O–H groups in total. The minimum Gasteiger partial charge on any atom is -0.468 e. The number of hydrogen-bond donors (Lipinski definition) is 1. The lowest BCUT2D eigenvalue weighted by Gasteiger charge is -2.38. The van der Waals surface area contributed by atoms with Gasteiger partial charge in [-0.3, -0.25) is 19.7 Å². The fourth-order valence-electron chi connectivity index (χ4n) is 4.18. The number of nitro benzene ring substituents is 1. The Bertz CT molecular complexity index is 991. The second-order valence-corrected chi connectivity index (χ2v) is 7.38. The molecule has 1 heterocycles. The molecule has 1 aromatic carbocycles. The van der Waals surface area contributed by atoms with Gasteiger partial charge in [-0.15, -0.1) is 0 Å². The van der Waals surface area contributed by atoms with Crippen molar-refractivity contribution in [3.63, 3.8) is 0 Å². The Hall–Kier alpha value is -3.49. The number of benzene rings is 1. The lowest BCUT2D eigenvalue weighted by molar-refractivity contribution is -0.384. The van der Waals surface area contributed by atoms with E-state index in [1.807, 2.05) is 0 Å². The lowest BCUT2D eigenvalue weighted by atomic mass is 9.69. The van der Waals surface area contributed by atoms with Crippen molar-refractivity contribution in [1.82, 2.24) is 5.32 Å². The van der Waals surface area contributed by atoms with E-state index in [2.05, 4.69) is 5.32 Å². The van der Waals surface area contributed by atoms with Gasteiger partial charge in [-0.2, -0.15) is 0 Å². The predicted molar refractivity (Wildman–Crippen MR) is 105 cm³/mol. The van der Waals surface area contributed by atoms with Crippen molar-refractivity contribution >= 4 is 23.4 Å². The lowest BCUT2D eigenvalue weighted by Crippen LogP contribution is -2.43. The topological polar surface area (TPSA) is 125 Å². The number of carbonyl (C=O) groups is 3. The van der Waals surface area contributed by atoms with E-state index in [1.54, 1.807) is 13.8 Å². The van der Waals surface area contributed by atoms with Crippen LogP contribution in [-0.4, -0.2) is 36.9 Å². The van der Waals surface area contributed by atoms with Gasteiger partial charge in [0.15, 0.2) is 5.78 Å². The zero-order chi connectivity index (χ0) is 22.2. The number of nitrogens with one attached hydrogen (secondary N) is 1. The van der Waals surface area contributed by atoms with Crippen LogP contribution in [0.25, 0.3) is 0 Å². The summed E-state index contributed by atoms with van der Waals surface area (Å²) >= 11 is 0.